The van der Waals surface area contributed by atoms with E-state index in [1.54, 1.807) is 13.2 Å². The van der Waals surface area contributed by atoms with E-state index in [-0.39, 0.29) is 23.9 Å². The van der Waals surface area contributed by atoms with Crippen molar-refractivity contribution in [3.63, 3.8) is 0 Å². The lowest BCUT2D eigenvalue weighted by molar-refractivity contribution is -0.137. The predicted octanol–water partition coefficient (Wildman–Crippen LogP) is 4.37. The molecule has 1 unspecified atom stereocenters. The third-order valence-electron chi connectivity index (χ3n) is 4.74. The van der Waals surface area contributed by atoms with Gasteiger partial charge in [-0.3, -0.25) is 9.36 Å². The van der Waals surface area contributed by atoms with E-state index < -0.39 is 11.7 Å². The third-order valence-corrected chi connectivity index (χ3v) is 4.74. The third kappa shape index (κ3) is 3.11. The largest absolute Gasteiger partial charge is 0.496 e. The number of aromatic nitrogens is 2. The fourth-order valence-corrected chi connectivity index (χ4v) is 3.45. The minimum absolute atomic E-state index is 0.174. The van der Waals surface area contributed by atoms with E-state index in [2.05, 4.69) is 10.3 Å². The predicted molar refractivity (Wildman–Crippen MR) is 96.6 cm³/mol. The number of alkyl halides is 3. The van der Waals surface area contributed by atoms with Crippen LogP contribution in [-0.2, 0) is 11.0 Å². The molecule has 1 N–H and O–H groups in total. The van der Waals surface area contributed by atoms with E-state index >= 15 is 0 Å². The lowest BCUT2D eigenvalue weighted by Crippen LogP contribution is -2.25. The van der Waals surface area contributed by atoms with E-state index in [9.17, 15) is 18.0 Å². The highest BCUT2D eigenvalue weighted by molar-refractivity contribution is 5.94. The number of hydrogen-bond acceptors (Lipinski definition) is 3. The second-order valence-corrected chi connectivity index (χ2v) is 6.44. The summed E-state index contributed by atoms with van der Waals surface area (Å²) in [6.45, 7) is 0. The summed E-state index contributed by atoms with van der Waals surface area (Å²) in [5.74, 6) is 0.400. The van der Waals surface area contributed by atoms with Crippen molar-refractivity contribution in [3.05, 3.63) is 71.7 Å². The molecule has 0 fully saturated rings. The van der Waals surface area contributed by atoms with Gasteiger partial charge in [0, 0.05) is 23.6 Å². The number of fused-ring (bicyclic) bond motifs is 1. The number of carbonyl (C=O) groups is 1. The van der Waals surface area contributed by atoms with Crippen LogP contribution in [0.1, 0.15) is 29.2 Å². The van der Waals surface area contributed by atoms with Gasteiger partial charge in [-0.25, -0.2) is 4.98 Å². The SMILES string of the molecule is COc1ccccc1C1CC(=O)Nc2c1ncn2-c1cccc(C(F)(F)F)c1. The Morgan fingerprint density at radius 1 is 1.18 bits per heavy atom. The van der Waals surface area contributed by atoms with E-state index in [0.717, 1.165) is 17.7 Å². The van der Waals surface area contributed by atoms with Crippen molar-refractivity contribution in [1.82, 2.24) is 9.55 Å². The molecule has 5 nitrogen and oxygen atoms in total. The molecule has 144 valence electrons. The van der Waals surface area contributed by atoms with Crippen molar-refractivity contribution in [3.8, 4) is 11.4 Å². The van der Waals surface area contributed by atoms with Crippen molar-refractivity contribution >= 4 is 11.7 Å². The zero-order chi connectivity index (χ0) is 19.9. The van der Waals surface area contributed by atoms with Crippen LogP contribution >= 0.6 is 0 Å². The van der Waals surface area contributed by atoms with Gasteiger partial charge in [0.05, 0.1) is 18.4 Å². The number of halogens is 3. The van der Waals surface area contributed by atoms with Gasteiger partial charge in [0.1, 0.15) is 17.9 Å². The molecule has 2 heterocycles. The maximum absolute atomic E-state index is 13.1. The Morgan fingerprint density at radius 3 is 2.71 bits per heavy atom. The number of nitrogens with one attached hydrogen (secondary N) is 1. The Hall–Kier alpha value is -3.29. The highest BCUT2D eigenvalue weighted by Crippen LogP contribution is 2.41. The molecule has 2 aromatic carbocycles. The molecule has 8 heteroatoms. The van der Waals surface area contributed by atoms with E-state index in [1.165, 1.54) is 23.0 Å². The van der Waals surface area contributed by atoms with Gasteiger partial charge in [-0.1, -0.05) is 24.3 Å². The zero-order valence-corrected chi connectivity index (χ0v) is 14.8. The number of nitrogens with zero attached hydrogens (tertiary/aromatic N) is 2. The van der Waals surface area contributed by atoms with Gasteiger partial charge in [0.2, 0.25) is 5.91 Å². The van der Waals surface area contributed by atoms with Gasteiger partial charge in [-0.15, -0.1) is 0 Å². The first-order valence-corrected chi connectivity index (χ1v) is 8.56. The molecule has 0 spiro atoms. The number of hydrogen-bond donors (Lipinski definition) is 1. The monoisotopic (exact) mass is 387 g/mol. The fraction of sp³-hybridized carbons (Fsp3) is 0.200. The number of ether oxygens (including phenoxy) is 1. The van der Waals surface area contributed by atoms with Crippen molar-refractivity contribution < 1.29 is 22.7 Å². The van der Waals surface area contributed by atoms with Crippen molar-refractivity contribution in [2.45, 2.75) is 18.5 Å². The topological polar surface area (TPSA) is 56.1 Å². The molecular weight excluding hydrogens is 371 g/mol. The number of carbonyl (C=O) groups excluding carboxylic acids is 1. The number of benzene rings is 2. The average molecular weight is 387 g/mol. The normalized spacial score (nSPS) is 16.4. The Balaban J connectivity index is 1.82. The van der Waals surface area contributed by atoms with Crippen LogP contribution in [0.4, 0.5) is 19.0 Å². The molecular formula is C20H16F3N3O2. The first-order chi connectivity index (χ1) is 13.4. The summed E-state index contributed by atoms with van der Waals surface area (Å²) in [5, 5.41) is 2.74. The quantitative estimate of drug-likeness (QED) is 0.726. The number of amides is 1. The molecule has 1 aliphatic rings. The molecule has 0 bridgehead atoms. The smallest absolute Gasteiger partial charge is 0.416 e. The van der Waals surface area contributed by atoms with E-state index in [4.69, 9.17) is 4.74 Å². The molecule has 0 radical (unpaired) electrons. The van der Waals surface area contributed by atoms with Crippen LogP contribution in [0.5, 0.6) is 5.75 Å². The van der Waals surface area contributed by atoms with E-state index in [1.807, 2.05) is 18.2 Å². The number of imidazole rings is 1. The van der Waals surface area contributed by atoms with Crippen LogP contribution in [0.25, 0.3) is 5.69 Å². The molecule has 1 aromatic heterocycles. The van der Waals surface area contributed by atoms with Crippen molar-refractivity contribution in [1.29, 1.82) is 0 Å². The summed E-state index contributed by atoms with van der Waals surface area (Å²) in [7, 11) is 1.55. The first kappa shape index (κ1) is 18.1. The van der Waals surface area contributed by atoms with Crippen LogP contribution in [0, 0.1) is 0 Å². The Labute approximate surface area is 158 Å². The second-order valence-electron chi connectivity index (χ2n) is 6.44. The number of rotatable bonds is 3. The van der Waals surface area contributed by atoms with Gasteiger partial charge >= 0.3 is 6.18 Å². The molecule has 0 aliphatic carbocycles. The Morgan fingerprint density at radius 2 is 1.96 bits per heavy atom. The number of anilines is 1. The summed E-state index contributed by atoms with van der Waals surface area (Å²) in [6.07, 6.45) is -2.86. The van der Waals surface area contributed by atoms with Gasteiger partial charge in [-0.05, 0) is 24.3 Å². The Bertz CT molecular complexity index is 1040. The van der Waals surface area contributed by atoms with Gasteiger partial charge in [0.15, 0.2) is 0 Å². The second kappa shape index (κ2) is 6.70. The molecule has 4 rings (SSSR count). The fourth-order valence-electron chi connectivity index (χ4n) is 3.45. The molecule has 1 amide bonds. The molecule has 1 aliphatic heterocycles. The van der Waals surface area contributed by atoms with Crippen LogP contribution < -0.4 is 10.1 Å². The Kier molecular flexibility index (Phi) is 4.33. The highest BCUT2D eigenvalue weighted by Gasteiger charge is 2.34. The maximum Gasteiger partial charge on any atom is 0.416 e. The van der Waals surface area contributed by atoms with Crippen LogP contribution in [0.2, 0.25) is 0 Å². The minimum atomic E-state index is -4.46. The molecule has 1 atom stereocenters. The summed E-state index contributed by atoms with van der Waals surface area (Å²) in [4.78, 5) is 16.7. The summed E-state index contributed by atoms with van der Waals surface area (Å²) in [5.41, 5.74) is 0.886. The van der Waals surface area contributed by atoms with Gasteiger partial charge in [-0.2, -0.15) is 13.2 Å². The average Bonchev–Trinajstić information content (AvgIpc) is 3.10. The summed E-state index contributed by atoms with van der Waals surface area (Å²) in [6, 6.07) is 12.2. The molecule has 0 saturated heterocycles. The van der Waals surface area contributed by atoms with Crippen LogP contribution in [-0.4, -0.2) is 22.6 Å². The first-order valence-electron chi connectivity index (χ1n) is 8.56. The molecule has 3 aromatic rings. The van der Waals surface area contributed by atoms with Crippen LogP contribution in [0.3, 0.4) is 0 Å². The van der Waals surface area contributed by atoms with Gasteiger partial charge < -0.3 is 10.1 Å². The lowest BCUT2D eigenvalue weighted by atomic mass is 9.89. The van der Waals surface area contributed by atoms with Crippen LogP contribution in [0.15, 0.2) is 54.9 Å². The van der Waals surface area contributed by atoms with Crippen molar-refractivity contribution in [2.24, 2.45) is 0 Å². The standard InChI is InChI=1S/C20H16F3N3O2/c1-28-16-8-3-2-7-14(16)15-10-17(27)25-19-18(15)24-11-26(19)13-6-4-5-12(9-13)20(21,22)23/h2-9,11,15H,10H2,1H3,(H,25,27). The lowest BCUT2D eigenvalue weighted by Gasteiger charge is -2.24. The van der Waals surface area contributed by atoms with Crippen molar-refractivity contribution in [2.75, 3.05) is 12.4 Å². The number of methoxy groups -OCH3 is 1. The maximum atomic E-state index is 13.1. The minimum Gasteiger partial charge on any atom is -0.496 e. The highest BCUT2D eigenvalue weighted by atomic mass is 19.4. The molecule has 28 heavy (non-hydrogen) atoms. The summed E-state index contributed by atoms with van der Waals surface area (Å²) >= 11 is 0. The summed E-state index contributed by atoms with van der Waals surface area (Å²) < 4.78 is 46.1. The zero-order valence-electron chi connectivity index (χ0n) is 14.8. The molecule has 0 saturated carbocycles. The number of para-hydroxylation sites is 1. The van der Waals surface area contributed by atoms with E-state index in [0.29, 0.717) is 17.3 Å². The van der Waals surface area contributed by atoms with Gasteiger partial charge in [0.25, 0.3) is 0 Å².